The molecule has 3 heterocycles. The number of hydrogen-bond acceptors (Lipinski definition) is 8. The number of nitrogens with one attached hydrogen (secondary N) is 1. The van der Waals surface area contributed by atoms with Gasteiger partial charge in [-0.2, -0.15) is 0 Å². The van der Waals surface area contributed by atoms with Gasteiger partial charge in [-0.3, -0.25) is 0 Å². The number of aryl methyl sites for hydroxylation is 2. The molecule has 37 heavy (non-hydrogen) atoms. The fourth-order valence-electron chi connectivity index (χ4n) is 4.14. The maximum atomic E-state index is 12.8. The highest BCUT2D eigenvalue weighted by molar-refractivity contribution is 7.21. The van der Waals surface area contributed by atoms with Crippen LogP contribution in [-0.2, 0) is 11.3 Å². The topological polar surface area (TPSA) is 77.0 Å². The van der Waals surface area contributed by atoms with Crippen LogP contribution in [-0.4, -0.2) is 20.9 Å². The van der Waals surface area contributed by atoms with Gasteiger partial charge < -0.3 is 10.1 Å². The summed E-state index contributed by atoms with van der Waals surface area (Å²) in [5.41, 5.74) is 5.95. The van der Waals surface area contributed by atoms with Crippen molar-refractivity contribution >= 4 is 60.6 Å². The number of anilines is 2. The molecule has 0 saturated carbocycles. The Kier molecular flexibility index (Phi) is 6.12. The molecular formula is C29H22N4O2S2. The summed E-state index contributed by atoms with van der Waals surface area (Å²) in [5.74, 6) is 0.301. The number of fused-ring (bicyclic) bond motifs is 2. The third-order valence-electron chi connectivity index (χ3n) is 6.06. The van der Waals surface area contributed by atoms with Gasteiger partial charge in [-0.25, -0.2) is 19.7 Å². The molecule has 1 N–H and O–H groups in total. The molecule has 3 aromatic carbocycles. The van der Waals surface area contributed by atoms with Crippen LogP contribution >= 0.6 is 22.7 Å². The number of thiazole rings is 1. The number of esters is 1. The fraction of sp³-hybridized carbons (Fsp3) is 0.103. The maximum absolute atomic E-state index is 12.8. The van der Waals surface area contributed by atoms with Gasteiger partial charge in [0.2, 0.25) is 0 Å². The Bertz CT molecular complexity index is 1740. The van der Waals surface area contributed by atoms with E-state index in [9.17, 15) is 4.79 Å². The first-order valence-electron chi connectivity index (χ1n) is 11.7. The largest absolute Gasteiger partial charge is 0.457 e. The van der Waals surface area contributed by atoms with Gasteiger partial charge in [0.15, 0.2) is 0 Å². The van der Waals surface area contributed by atoms with Crippen molar-refractivity contribution in [3.8, 4) is 10.6 Å². The van der Waals surface area contributed by atoms with E-state index in [0.717, 1.165) is 43.1 Å². The van der Waals surface area contributed by atoms with Gasteiger partial charge in [-0.15, -0.1) is 22.7 Å². The number of ether oxygens (including phenoxy) is 1. The molecule has 3 aromatic heterocycles. The van der Waals surface area contributed by atoms with Crippen LogP contribution in [0.2, 0.25) is 0 Å². The summed E-state index contributed by atoms with van der Waals surface area (Å²) in [5, 5.41) is 5.21. The monoisotopic (exact) mass is 522 g/mol. The Balaban J connectivity index is 1.23. The van der Waals surface area contributed by atoms with Crippen LogP contribution in [0, 0.1) is 13.8 Å². The van der Waals surface area contributed by atoms with E-state index in [1.165, 1.54) is 27.9 Å². The average molecular weight is 523 g/mol. The van der Waals surface area contributed by atoms with Crippen molar-refractivity contribution in [2.45, 2.75) is 20.5 Å². The summed E-state index contributed by atoms with van der Waals surface area (Å²) in [6.07, 6.45) is 1.51. The number of aromatic nitrogens is 3. The molecular weight excluding hydrogens is 500 g/mol. The number of carbonyl (C=O) groups excluding carboxylic acids is 1. The first-order valence-corrected chi connectivity index (χ1v) is 13.4. The quantitative estimate of drug-likeness (QED) is 0.226. The van der Waals surface area contributed by atoms with Gasteiger partial charge in [0.1, 0.15) is 33.5 Å². The normalized spacial score (nSPS) is 11.2. The van der Waals surface area contributed by atoms with E-state index in [-0.39, 0.29) is 12.6 Å². The second-order valence-corrected chi connectivity index (χ2v) is 10.7. The highest BCUT2D eigenvalue weighted by atomic mass is 32.1. The van der Waals surface area contributed by atoms with Gasteiger partial charge >= 0.3 is 5.97 Å². The Morgan fingerprint density at radius 3 is 2.57 bits per heavy atom. The minimum absolute atomic E-state index is 0.227. The van der Waals surface area contributed by atoms with Gasteiger partial charge in [0.25, 0.3) is 0 Å². The fourth-order valence-corrected chi connectivity index (χ4v) is 6.25. The predicted octanol–water partition coefficient (Wildman–Crippen LogP) is 7.69. The average Bonchev–Trinajstić information content (AvgIpc) is 3.49. The zero-order valence-electron chi connectivity index (χ0n) is 20.2. The molecule has 0 spiro atoms. The standard InChI is InChI=1S/C29H22N4O2S2/c1-17-8-13-22-23(14-17)36-27(33-22)20-9-11-21(12-10-20)32-26-24-18(2)25(37-28(24)31-16-30-26)29(34)35-15-19-6-4-3-5-7-19/h3-14,16H,15H2,1-2H3,(H,30,31,32). The minimum Gasteiger partial charge on any atom is -0.457 e. The third-order valence-corrected chi connectivity index (χ3v) is 8.31. The van der Waals surface area contributed by atoms with Crippen molar-refractivity contribution in [3.05, 3.63) is 101 Å². The third kappa shape index (κ3) is 4.69. The van der Waals surface area contributed by atoms with Crippen LogP contribution in [0.25, 0.3) is 31.0 Å². The van der Waals surface area contributed by atoms with Crippen LogP contribution in [0.4, 0.5) is 11.5 Å². The van der Waals surface area contributed by atoms with Crippen molar-refractivity contribution in [1.82, 2.24) is 15.0 Å². The molecule has 0 unspecified atom stereocenters. The van der Waals surface area contributed by atoms with Crippen LogP contribution < -0.4 is 5.32 Å². The molecule has 0 aliphatic rings. The Morgan fingerprint density at radius 2 is 1.76 bits per heavy atom. The second-order valence-electron chi connectivity index (χ2n) is 8.71. The molecule has 0 bridgehead atoms. The van der Waals surface area contributed by atoms with Crippen LogP contribution in [0.3, 0.4) is 0 Å². The first-order chi connectivity index (χ1) is 18.0. The number of carbonyl (C=O) groups is 1. The minimum atomic E-state index is -0.356. The van der Waals surface area contributed by atoms with Gasteiger partial charge in [-0.05, 0) is 66.9 Å². The molecule has 0 fully saturated rings. The summed E-state index contributed by atoms with van der Waals surface area (Å²) in [4.78, 5) is 27.8. The van der Waals surface area contributed by atoms with E-state index in [1.807, 2.05) is 49.4 Å². The summed E-state index contributed by atoms with van der Waals surface area (Å²) in [6.45, 7) is 4.23. The molecule has 0 atom stereocenters. The van der Waals surface area contributed by atoms with E-state index >= 15 is 0 Å². The number of rotatable bonds is 6. The molecule has 182 valence electrons. The molecule has 6 nitrogen and oxygen atoms in total. The van der Waals surface area contributed by atoms with Crippen LogP contribution in [0.1, 0.15) is 26.4 Å². The van der Waals surface area contributed by atoms with Gasteiger partial charge in [0, 0.05) is 11.3 Å². The van der Waals surface area contributed by atoms with Crippen LogP contribution in [0.15, 0.2) is 79.1 Å². The van der Waals surface area contributed by atoms with Crippen molar-refractivity contribution in [3.63, 3.8) is 0 Å². The van der Waals surface area contributed by atoms with Crippen molar-refractivity contribution < 1.29 is 9.53 Å². The predicted molar refractivity (Wildman–Crippen MR) is 151 cm³/mol. The molecule has 0 saturated heterocycles. The maximum Gasteiger partial charge on any atom is 0.349 e. The number of hydrogen-bond donors (Lipinski definition) is 1. The molecule has 0 amide bonds. The Hall–Kier alpha value is -4.14. The zero-order valence-corrected chi connectivity index (χ0v) is 21.8. The van der Waals surface area contributed by atoms with Gasteiger partial charge in [-0.1, -0.05) is 36.4 Å². The first kappa shape index (κ1) is 23.3. The molecule has 0 aliphatic carbocycles. The SMILES string of the molecule is Cc1ccc2nc(-c3ccc(Nc4ncnc5sc(C(=O)OCc6ccccc6)c(C)c45)cc3)sc2c1. The molecule has 0 aliphatic heterocycles. The van der Waals surface area contributed by atoms with E-state index in [2.05, 4.69) is 52.5 Å². The number of benzene rings is 3. The molecule has 0 radical (unpaired) electrons. The molecule has 6 aromatic rings. The van der Waals surface area contributed by atoms with Crippen molar-refractivity contribution in [2.75, 3.05) is 5.32 Å². The highest BCUT2D eigenvalue weighted by Crippen LogP contribution is 2.36. The molecule has 8 heteroatoms. The van der Waals surface area contributed by atoms with Crippen molar-refractivity contribution in [1.29, 1.82) is 0 Å². The Morgan fingerprint density at radius 1 is 0.946 bits per heavy atom. The molecule has 6 rings (SSSR count). The second kappa shape index (κ2) is 9.72. The lowest BCUT2D eigenvalue weighted by atomic mass is 10.2. The van der Waals surface area contributed by atoms with E-state index < -0.39 is 0 Å². The lowest BCUT2D eigenvalue weighted by molar-refractivity contribution is 0.0478. The lowest BCUT2D eigenvalue weighted by Gasteiger charge is -2.08. The smallest absolute Gasteiger partial charge is 0.349 e. The van der Waals surface area contributed by atoms with E-state index in [0.29, 0.717) is 10.7 Å². The van der Waals surface area contributed by atoms with E-state index in [4.69, 9.17) is 9.72 Å². The van der Waals surface area contributed by atoms with Crippen LogP contribution in [0.5, 0.6) is 0 Å². The lowest BCUT2D eigenvalue weighted by Crippen LogP contribution is -2.04. The zero-order chi connectivity index (χ0) is 25.4. The number of nitrogens with zero attached hydrogens (tertiary/aromatic N) is 3. The summed E-state index contributed by atoms with van der Waals surface area (Å²) >= 11 is 3.01. The highest BCUT2D eigenvalue weighted by Gasteiger charge is 2.21. The number of thiophene rings is 1. The van der Waals surface area contributed by atoms with E-state index in [1.54, 1.807) is 11.3 Å². The Labute approximate surface area is 221 Å². The van der Waals surface area contributed by atoms with Crippen molar-refractivity contribution in [2.24, 2.45) is 0 Å². The van der Waals surface area contributed by atoms with Gasteiger partial charge in [0.05, 0.1) is 15.6 Å². The summed E-state index contributed by atoms with van der Waals surface area (Å²) < 4.78 is 6.75. The summed E-state index contributed by atoms with van der Waals surface area (Å²) in [7, 11) is 0. The summed E-state index contributed by atoms with van der Waals surface area (Å²) in [6, 6.07) is 24.1.